The highest BCUT2D eigenvalue weighted by molar-refractivity contribution is 5.91. The average molecular weight is 233 g/mol. The van der Waals surface area contributed by atoms with Crippen molar-refractivity contribution in [2.45, 2.75) is 6.42 Å². The molecule has 0 atom stereocenters. The molecule has 0 unspecified atom stereocenters. The molecular formula is C12H15N3O2. The largest absolute Gasteiger partial charge is 0.459 e. The number of carbonyl (C=O) groups is 1. The van der Waals surface area contributed by atoms with Crippen LogP contribution in [0, 0.1) is 11.3 Å². The van der Waals surface area contributed by atoms with Crippen LogP contribution in [0.4, 0.5) is 0 Å². The molecule has 1 saturated heterocycles. The lowest BCUT2D eigenvalue weighted by Crippen LogP contribution is -2.48. The molecule has 1 aliphatic rings. The van der Waals surface area contributed by atoms with Gasteiger partial charge in [-0.2, -0.15) is 5.26 Å². The molecule has 1 aromatic rings. The van der Waals surface area contributed by atoms with Crippen molar-refractivity contribution in [3.8, 4) is 6.07 Å². The fourth-order valence-electron chi connectivity index (χ4n) is 1.94. The molecule has 1 fully saturated rings. The molecular weight excluding hydrogens is 218 g/mol. The summed E-state index contributed by atoms with van der Waals surface area (Å²) >= 11 is 0. The number of carbonyl (C=O) groups excluding carboxylic acids is 1. The first-order valence-electron chi connectivity index (χ1n) is 5.73. The third-order valence-corrected chi connectivity index (χ3v) is 2.93. The van der Waals surface area contributed by atoms with Crippen molar-refractivity contribution in [2.75, 3.05) is 32.7 Å². The second-order valence-corrected chi connectivity index (χ2v) is 4.02. The Bertz CT molecular complexity index is 400. The second kappa shape index (κ2) is 5.51. The lowest BCUT2D eigenvalue weighted by molar-refractivity contribution is 0.0609. The second-order valence-electron chi connectivity index (χ2n) is 4.02. The molecule has 1 aliphatic heterocycles. The van der Waals surface area contributed by atoms with Gasteiger partial charge in [0.25, 0.3) is 5.91 Å². The maximum atomic E-state index is 11.9. The first-order chi connectivity index (χ1) is 8.31. The summed E-state index contributed by atoms with van der Waals surface area (Å²) in [7, 11) is 0. The smallest absolute Gasteiger partial charge is 0.289 e. The summed E-state index contributed by atoms with van der Waals surface area (Å²) in [5.74, 6) is 0.352. The van der Waals surface area contributed by atoms with Gasteiger partial charge in [-0.15, -0.1) is 0 Å². The van der Waals surface area contributed by atoms with Gasteiger partial charge < -0.3 is 9.32 Å². The van der Waals surface area contributed by atoms with E-state index in [1.807, 2.05) is 0 Å². The standard InChI is InChI=1S/C12H15N3O2/c13-4-2-5-14-6-8-15(9-7-14)12(16)11-3-1-10-17-11/h1,3,10H,2,5-9H2. The molecule has 5 heteroatoms. The first kappa shape index (κ1) is 11.7. The Morgan fingerprint density at radius 1 is 1.41 bits per heavy atom. The average Bonchev–Trinajstić information content (AvgIpc) is 2.90. The molecule has 2 heterocycles. The maximum absolute atomic E-state index is 11.9. The SMILES string of the molecule is N#CCCN1CCN(C(=O)c2ccco2)CC1. The highest BCUT2D eigenvalue weighted by Gasteiger charge is 2.23. The zero-order chi connectivity index (χ0) is 12.1. The number of hydrogen-bond donors (Lipinski definition) is 0. The van der Waals surface area contributed by atoms with Crippen molar-refractivity contribution < 1.29 is 9.21 Å². The minimum absolute atomic E-state index is 0.0464. The van der Waals surface area contributed by atoms with Crippen molar-refractivity contribution in [3.05, 3.63) is 24.2 Å². The topological polar surface area (TPSA) is 60.5 Å². The van der Waals surface area contributed by atoms with Crippen LogP contribution in [0.25, 0.3) is 0 Å². The van der Waals surface area contributed by atoms with Gasteiger partial charge in [-0.25, -0.2) is 0 Å². The van der Waals surface area contributed by atoms with Crippen LogP contribution < -0.4 is 0 Å². The summed E-state index contributed by atoms with van der Waals surface area (Å²) in [5, 5.41) is 8.51. The lowest BCUT2D eigenvalue weighted by Gasteiger charge is -2.33. The van der Waals surface area contributed by atoms with E-state index in [1.54, 1.807) is 17.0 Å². The van der Waals surface area contributed by atoms with Crippen LogP contribution in [-0.4, -0.2) is 48.4 Å². The molecule has 1 amide bonds. The molecule has 1 aromatic heterocycles. The Balaban J connectivity index is 1.83. The van der Waals surface area contributed by atoms with E-state index in [9.17, 15) is 4.79 Å². The third-order valence-electron chi connectivity index (χ3n) is 2.93. The third kappa shape index (κ3) is 2.86. The number of amides is 1. The van der Waals surface area contributed by atoms with Crippen LogP contribution in [0.2, 0.25) is 0 Å². The number of furan rings is 1. The van der Waals surface area contributed by atoms with Gasteiger partial charge in [0, 0.05) is 39.1 Å². The molecule has 90 valence electrons. The van der Waals surface area contributed by atoms with Crippen LogP contribution >= 0.6 is 0 Å². The molecule has 0 aromatic carbocycles. The van der Waals surface area contributed by atoms with Gasteiger partial charge in [0.15, 0.2) is 5.76 Å². The minimum atomic E-state index is -0.0464. The summed E-state index contributed by atoms with van der Waals surface area (Å²) in [6.07, 6.45) is 2.06. The fourth-order valence-corrected chi connectivity index (χ4v) is 1.94. The number of rotatable bonds is 3. The molecule has 5 nitrogen and oxygen atoms in total. The van der Waals surface area contributed by atoms with Gasteiger partial charge in [-0.05, 0) is 12.1 Å². The molecule has 2 rings (SSSR count). The van der Waals surface area contributed by atoms with Gasteiger partial charge in [0.2, 0.25) is 0 Å². The van der Waals surface area contributed by atoms with E-state index >= 15 is 0 Å². The molecule has 0 saturated carbocycles. The molecule has 0 radical (unpaired) electrons. The molecule has 17 heavy (non-hydrogen) atoms. The zero-order valence-corrected chi connectivity index (χ0v) is 9.63. The minimum Gasteiger partial charge on any atom is -0.459 e. The van der Waals surface area contributed by atoms with Gasteiger partial charge >= 0.3 is 0 Å². The predicted octanol–water partition coefficient (Wildman–Crippen LogP) is 0.951. The Morgan fingerprint density at radius 2 is 2.18 bits per heavy atom. The number of nitrogens with zero attached hydrogens (tertiary/aromatic N) is 3. The van der Waals surface area contributed by atoms with Crippen LogP contribution in [0.3, 0.4) is 0 Å². The first-order valence-corrected chi connectivity index (χ1v) is 5.73. The Morgan fingerprint density at radius 3 is 2.76 bits per heavy atom. The Hall–Kier alpha value is -1.80. The van der Waals surface area contributed by atoms with Gasteiger partial charge in [-0.1, -0.05) is 0 Å². The summed E-state index contributed by atoms with van der Waals surface area (Å²) in [6, 6.07) is 5.54. The normalized spacial score (nSPS) is 16.8. The highest BCUT2D eigenvalue weighted by atomic mass is 16.3. The van der Waals surface area contributed by atoms with Crippen molar-refractivity contribution in [1.29, 1.82) is 5.26 Å². The van der Waals surface area contributed by atoms with Crippen molar-refractivity contribution in [3.63, 3.8) is 0 Å². The van der Waals surface area contributed by atoms with E-state index in [2.05, 4.69) is 11.0 Å². The summed E-state index contributed by atoms with van der Waals surface area (Å²) in [4.78, 5) is 15.9. The summed E-state index contributed by atoms with van der Waals surface area (Å²) in [6.45, 7) is 3.84. The Labute approximate surface area is 100 Å². The van der Waals surface area contributed by atoms with E-state index in [-0.39, 0.29) is 5.91 Å². The zero-order valence-electron chi connectivity index (χ0n) is 9.63. The van der Waals surface area contributed by atoms with E-state index in [4.69, 9.17) is 9.68 Å². The van der Waals surface area contributed by atoms with Gasteiger partial charge in [0.05, 0.1) is 12.3 Å². The molecule has 0 spiro atoms. The van der Waals surface area contributed by atoms with E-state index in [1.165, 1.54) is 6.26 Å². The lowest BCUT2D eigenvalue weighted by atomic mass is 10.2. The maximum Gasteiger partial charge on any atom is 0.289 e. The predicted molar refractivity (Wildman–Crippen MR) is 61.3 cm³/mol. The molecule has 0 N–H and O–H groups in total. The fraction of sp³-hybridized carbons (Fsp3) is 0.500. The molecule has 0 bridgehead atoms. The highest BCUT2D eigenvalue weighted by Crippen LogP contribution is 2.09. The van der Waals surface area contributed by atoms with Crippen LogP contribution in [0.15, 0.2) is 22.8 Å². The molecule has 0 aliphatic carbocycles. The number of nitriles is 1. The van der Waals surface area contributed by atoms with E-state index in [0.717, 1.165) is 19.6 Å². The van der Waals surface area contributed by atoms with Crippen molar-refractivity contribution in [2.24, 2.45) is 0 Å². The monoisotopic (exact) mass is 233 g/mol. The van der Waals surface area contributed by atoms with Crippen molar-refractivity contribution in [1.82, 2.24) is 9.80 Å². The van der Waals surface area contributed by atoms with Crippen LogP contribution in [-0.2, 0) is 0 Å². The number of hydrogen-bond acceptors (Lipinski definition) is 4. The number of piperazine rings is 1. The van der Waals surface area contributed by atoms with E-state index in [0.29, 0.717) is 25.3 Å². The van der Waals surface area contributed by atoms with Crippen LogP contribution in [0.1, 0.15) is 17.0 Å². The Kier molecular flexibility index (Phi) is 3.78. The van der Waals surface area contributed by atoms with Gasteiger partial charge in [-0.3, -0.25) is 9.69 Å². The quantitative estimate of drug-likeness (QED) is 0.780. The summed E-state index contributed by atoms with van der Waals surface area (Å²) < 4.78 is 5.09. The van der Waals surface area contributed by atoms with Crippen LogP contribution in [0.5, 0.6) is 0 Å². The van der Waals surface area contributed by atoms with Crippen molar-refractivity contribution >= 4 is 5.91 Å². The summed E-state index contributed by atoms with van der Waals surface area (Å²) in [5.41, 5.74) is 0. The van der Waals surface area contributed by atoms with Gasteiger partial charge in [0.1, 0.15) is 0 Å². The van der Waals surface area contributed by atoms with E-state index < -0.39 is 0 Å².